The van der Waals surface area contributed by atoms with Crippen LogP contribution in [0.25, 0.3) is 11.1 Å². The molecule has 4 nitrogen and oxygen atoms in total. The minimum Gasteiger partial charge on any atom is -0.465 e. The van der Waals surface area contributed by atoms with Crippen LogP contribution in [-0.4, -0.2) is 32.5 Å². The van der Waals surface area contributed by atoms with E-state index in [1.807, 2.05) is 49.4 Å². The third kappa shape index (κ3) is 4.79. The molecule has 1 unspecified atom stereocenters. The lowest BCUT2D eigenvalue weighted by Gasteiger charge is -2.25. The zero-order valence-electron chi connectivity index (χ0n) is 15.9. The van der Waals surface area contributed by atoms with E-state index in [0.29, 0.717) is 18.0 Å². The average molecular weight is 353 g/mol. The molecule has 0 fully saturated rings. The zero-order chi connectivity index (χ0) is 19.2. The normalized spacial score (nSPS) is 13.3. The van der Waals surface area contributed by atoms with Crippen LogP contribution in [0.15, 0.2) is 48.5 Å². The molecule has 0 aromatic heterocycles. The van der Waals surface area contributed by atoms with Gasteiger partial charge in [0.2, 0.25) is 0 Å². The third-order valence-electron chi connectivity index (χ3n) is 4.47. The molecule has 4 heteroatoms. The van der Waals surface area contributed by atoms with Crippen molar-refractivity contribution in [2.75, 3.05) is 20.2 Å². The standard InChI is InChI=1S/C22H27NO3/c1-16(2)13-23-14-22(3,15-24)20-10-8-17(9-11-20)18-6-5-7-19(12-18)21(25)26-4/h5-12,15-16,23H,13-14H2,1-4H3. The fraction of sp³-hybridized carbons (Fsp3) is 0.364. The number of rotatable bonds is 8. The highest BCUT2D eigenvalue weighted by Crippen LogP contribution is 2.26. The molecule has 0 spiro atoms. The first kappa shape index (κ1) is 19.9. The number of carbonyl (C=O) groups excluding carboxylic acids is 2. The van der Waals surface area contributed by atoms with Gasteiger partial charge in [0.25, 0.3) is 0 Å². The summed E-state index contributed by atoms with van der Waals surface area (Å²) in [5.74, 6) is 0.184. The number of benzene rings is 2. The van der Waals surface area contributed by atoms with Crippen LogP contribution in [-0.2, 0) is 14.9 Å². The van der Waals surface area contributed by atoms with Crippen molar-refractivity contribution in [2.24, 2.45) is 5.92 Å². The van der Waals surface area contributed by atoms with Crippen LogP contribution in [0.3, 0.4) is 0 Å². The molecule has 138 valence electrons. The molecule has 0 aliphatic carbocycles. The minimum absolute atomic E-state index is 0.353. The van der Waals surface area contributed by atoms with E-state index in [9.17, 15) is 9.59 Å². The molecule has 2 aromatic carbocycles. The summed E-state index contributed by atoms with van der Waals surface area (Å²) in [5.41, 5.74) is 2.84. The molecular formula is C22H27NO3. The van der Waals surface area contributed by atoms with Gasteiger partial charge in [-0.05, 0) is 48.2 Å². The fourth-order valence-electron chi connectivity index (χ4n) is 2.82. The number of methoxy groups -OCH3 is 1. The SMILES string of the molecule is COC(=O)c1cccc(-c2ccc(C(C)(C=O)CNCC(C)C)cc2)c1. The predicted molar refractivity (Wildman–Crippen MR) is 104 cm³/mol. The van der Waals surface area contributed by atoms with Crippen molar-refractivity contribution in [1.82, 2.24) is 5.32 Å². The van der Waals surface area contributed by atoms with Gasteiger partial charge in [0.05, 0.1) is 18.1 Å². The summed E-state index contributed by atoms with van der Waals surface area (Å²) in [6.07, 6.45) is 1.01. The number of esters is 1. The van der Waals surface area contributed by atoms with Crippen LogP contribution in [0.4, 0.5) is 0 Å². The Morgan fingerprint density at radius 3 is 2.42 bits per heavy atom. The van der Waals surface area contributed by atoms with Crippen LogP contribution >= 0.6 is 0 Å². The molecule has 0 bridgehead atoms. The second-order valence-corrected chi connectivity index (χ2v) is 7.21. The van der Waals surface area contributed by atoms with Crippen molar-refractivity contribution in [2.45, 2.75) is 26.2 Å². The van der Waals surface area contributed by atoms with Crippen molar-refractivity contribution >= 4 is 12.3 Å². The average Bonchev–Trinajstić information content (AvgIpc) is 2.67. The highest BCUT2D eigenvalue weighted by atomic mass is 16.5. The number of carbonyl (C=O) groups is 2. The second kappa shape index (κ2) is 8.77. The van der Waals surface area contributed by atoms with E-state index in [1.165, 1.54) is 7.11 Å². The maximum atomic E-state index is 11.7. The lowest BCUT2D eigenvalue weighted by Crippen LogP contribution is -2.38. The van der Waals surface area contributed by atoms with E-state index in [4.69, 9.17) is 4.74 Å². The van der Waals surface area contributed by atoms with E-state index in [1.54, 1.807) is 6.07 Å². The number of aldehydes is 1. The summed E-state index contributed by atoms with van der Waals surface area (Å²) in [6.45, 7) is 7.71. The lowest BCUT2D eigenvalue weighted by atomic mass is 9.83. The van der Waals surface area contributed by atoms with Crippen LogP contribution in [0.2, 0.25) is 0 Å². The maximum Gasteiger partial charge on any atom is 0.337 e. The van der Waals surface area contributed by atoms with Gasteiger partial charge in [-0.1, -0.05) is 50.2 Å². The van der Waals surface area contributed by atoms with E-state index >= 15 is 0 Å². The van der Waals surface area contributed by atoms with Gasteiger partial charge >= 0.3 is 5.97 Å². The monoisotopic (exact) mass is 353 g/mol. The molecule has 1 atom stereocenters. The van der Waals surface area contributed by atoms with Crippen LogP contribution in [0, 0.1) is 5.92 Å². The smallest absolute Gasteiger partial charge is 0.337 e. The molecule has 0 radical (unpaired) electrons. The van der Waals surface area contributed by atoms with E-state index in [-0.39, 0.29) is 5.97 Å². The topological polar surface area (TPSA) is 55.4 Å². The summed E-state index contributed by atoms with van der Waals surface area (Å²) in [6, 6.07) is 15.2. The van der Waals surface area contributed by atoms with Gasteiger partial charge in [-0.2, -0.15) is 0 Å². The van der Waals surface area contributed by atoms with Crippen LogP contribution in [0.5, 0.6) is 0 Å². The Balaban J connectivity index is 2.21. The lowest BCUT2D eigenvalue weighted by molar-refractivity contribution is -0.112. The molecule has 0 aliphatic rings. The predicted octanol–water partition coefficient (Wildman–Crippen LogP) is 3.84. The van der Waals surface area contributed by atoms with Gasteiger partial charge in [-0.15, -0.1) is 0 Å². The Morgan fingerprint density at radius 2 is 1.85 bits per heavy atom. The van der Waals surface area contributed by atoms with E-state index in [2.05, 4.69) is 19.2 Å². The molecule has 26 heavy (non-hydrogen) atoms. The quantitative estimate of drug-likeness (QED) is 0.579. The van der Waals surface area contributed by atoms with Crippen molar-refractivity contribution < 1.29 is 14.3 Å². The van der Waals surface area contributed by atoms with Crippen LogP contribution < -0.4 is 5.32 Å². The minimum atomic E-state index is -0.568. The molecule has 1 N–H and O–H groups in total. The highest BCUT2D eigenvalue weighted by Gasteiger charge is 2.25. The third-order valence-corrected chi connectivity index (χ3v) is 4.47. The number of nitrogens with one attached hydrogen (secondary N) is 1. The first-order valence-corrected chi connectivity index (χ1v) is 8.86. The number of hydrogen-bond donors (Lipinski definition) is 1. The first-order chi connectivity index (χ1) is 12.4. The Labute approximate surface area is 155 Å². The number of hydrogen-bond acceptors (Lipinski definition) is 4. The summed E-state index contributed by atoms with van der Waals surface area (Å²) in [4.78, 5) is 23.4. The second-order valence-electron chi connectivity index (χ2n) is 7.21. The Kier molecular flexibility index (Phi) is 6.70. The van der Waals surface area contributed by atoms with E-state index in [0.717, 1.165) is 29.5 Å². The van der Waals surface area contributed by atoms with Gasteiger partial charge in [-0.25, -0.2) is 4.79 Å². The van der Waals surface area contributed by atoms with Gasteiger partial charge < -0.3 is 14.8 Å². The first-order valence-electron chi connectivity index (χ1n) is 8.86. The summed E-state index contributed by atoms with van der Waals surface area (Å²) in [7, 11) is 1.37. The highest BCUT2D eigenvalue weighted by molar-refractivity contribution is 5.91. The maximum absolute atomic E-state index is 11.7. The van der Waals surface area contributed by atoms with Gasteiger partial charge in [0.1, 0.15) is 6.29 Å². The number of ether oxygens (including phenoxy) is 1. The van der Waals surface area contributed by atoms with Crippen molar-refractivity contribution in [3.05, 3.63) is 59.7 Å². The van der Waals surface area contributed by atoms with Crippen molar-refractivity contribution in [1.29, 1.82) is 0 Å². The summed E-state index contributed by atoms with van der Waals surface area (Å²) in [5, 5.41) is 3.36. The molecule has 0 amide bonds. The Morgan fingerprint density at radius 1 is 1.15 bits per heavy atom. The molecule has 0 saturated carbocycles. The molecule has 2 rings (SSSR count). The Hall–Kier alpha value is -2.46. The van der Waals surface area contributed by atoms with Gasteiger partial charge in [0, 0.05) is 6.54 Å². The Bertz CT molecular complexity index is 752. The van der Waals surface area contributed by atoms with Gasteiger partial charge in [0.15, 0.2) is 0 Å². The fourth-order valence-corrected chi connectivity index (χ4v) is 2.82. The molecule has 2 aromatic rings. The molecular weight excluding hydrogens is 326 g/mol. The van der Waals surface area contributed by atoms with Gasteiger partial charge in [-0.3, -0.25) is 0 Å². The van der Waals surface area contributed by atoms with Crippen molar-refractivity contribution in [3.63, 3.8) is 0 Å². The zero-order valence-corrected chi connectivity index (χ0v) is 15.9. The van der Waals surface area contributed by atoms with Crippen LogP contribution in [0.1, 0.15) is 36.7 Å². The largest absolute Gasteiger partial charge is 0.465 e. The molecule has 0 saturated heterocycles. The molecule has 0 heterocycles. The van der Waals surface area contributed by atoms with Crippen molar-refractivity contribution in [3.8, 4) is 11.1 Å². The van der Waals surface area contributed by atoms with E-state index < -0.39 is 5.41 Å². The molecule has 0 aliphatic heterocycles. The summed E-state index contributed by atoms with van der Waals surface area (Å²) < 4.78 is 4.77. The summed E-state index contributed by atoms with van der Waals surface area (Å²) >= 11 is 0.